The number of H-pyrrole nitrogens is 1. The van der Waals surface area contributed by atoms with Gasteiger partial charge in [-0.2, -0.15) is 0 Å². The molecule has 4 nitrogen and oxygen atoms in total. The number of aryl methyl sites for hydroxylation is 1. The number of imidazole rings is 1. The average molecular weight is 231 g/mol. The van der Waals surface area contributed by atoms with Crippen LogP contribution in [0.3, 0.4) is 0 Å². The largest absolute Gasteiger partial charge is 0.368 e. The van der Waals surface area contributed by atoms with E-state index in [0.717, 1.165) is 43.0 Å². The van der Waals surface area contributed by atoms with Gasteiger partial charge in [0.25, 0.3) is 0 Å². The Morgan fingerprint density at radius 1 is 1.47 bits per heavy atom. The molecule has 17 heavy (non-hydrogen) atoms. The number of hydrogen-bond acceptors (Lipinski definition) is 3. The Morgan fingerprint density at radius 2 is 2.41 bits per heavy atom. The van der Waals surface area contributed by atoms with Gasteiger partial charge in [-0.05, 0) is 24.1 Å². The van der Waals surface area contributed by atoms with E-state index >= 15 is 0 Å². The SMILES string of the molecule is CCc1ccc2nc(C3CNCCO3)[nH]c2c1. The van der Waals surface area contributed by atoms with Gasteiger partial charge in [-0.25, -0.2) is 4.98 Å². The average Bonchev–Trinajstić information content (AvgIpc) is 2.82. The van der Waals surface area contributed by atoms with Crippen LogP contribution in [0.25, 0.3) is 11.0 Å². The zero-order valence-electron chi connectivity index (χ0n) is 9.99. The second kappa shape index (κ2) is 4.47. The number of rotatable bonds is 2. The summed E-state index contributed by atoms with van der Waals surface area (Å²) < 4.78 is 5.69. The highest BCUT2D eigenvalue weighted by Gasteiger charge is 2.19. The second-order valence-corrected chi connectivity index (χ2v) is 4.39. The third-order valence-electron chi connectivity index (χ3n) is 3.21. The summed E-state index contributed by atoms with van der Waals surface area (Å²) in [6, 6.07) is 6.37. The first-order chi connectivity index (χ1) is 8.36. The molecule has 1 aliphatic rings. The van der Waals surface area contributed by atoms with E-state index in [0.29, 0.717) is 0 Å². The molecule has 2 N–H and O–H groups in total. The van der Waals surface area contributed by atoms with Crippen LogP contribution in [0.15, 0.2) is 18.2 Å². The standard InChI is InChI=1S/C13H17N3O/c1-2-9-3-4-10-11(7-9)16-13(15-10)12-8-14-5-6-17-12/h3-4,7,12,14H,2,5-6,8H2,1H3,(H,15,16). The first-order valence-electron chi connectivity index (χ1n) is 6.17. The second-order valence-electron chi connectivity index (χ2n) is 4.39. The fraction of sp³-hybridized carbons (Fsp3) is 0.462. The van der Waals surface area contributed by atoms with Crippen molar-refractivity contribution in [3.05, 3.63) is 29.6 Å². The van der Waals surface area contributed by atoms with E-state index in [2.05, 4.69) is 40.4 Å². The van der Waals surface area contributed by atoms with Crippen LogP contribution in [0.1, 0.15) is 24.4 Å². The maximum Gasteiger partial charge on any atom is 0.137 e. The van der Waals surface area contributed by atoms with E-state index in [-0.39, 0.29) is 6.10 Å². The first kappa shape index (κ1) is 10.7. The lowest BCUT2D eigenvalue weighted by molar-refractivity contribution is 0.0228. The molecule has 1 aromatic heterocycles. The Bertz CT molecular complexity index is 514. The number of nitrogens with zero attached hydrogens (tertiary/aromatic N) is 1. The predicted octanol–water partition coefficient (Wildman–Crippen LogP) is 1.79. The maximum absolute atomic E-state index is 5.69. The molecule has 90 valence electrons. The lowest BCUT2D eigenvalue weighted by Gasteiger charge is -2.21. The van der Waals surface area contributed by atoms with Crippen molar-refractivity contribution in [2.75, 3.05) is 19.7 Å². The molecule has 0 aliphatic carbocycles. The third kappa shape index (κ3) is 2.06. The van der Waals surface area contributed by atoms with Crippen molar-refractivity contribution in [2.24, 2.45) is 0 Å². The van der Waals surface area contributed by atoms with Crippen molar-refractivity contribution in [3.8, 4) is 0 Å². The van der Waals surface area contributed by atoms with Crippen molar-refractivity contribution in [3.63, 3.8) is 0 Å². The van der Waals surface area contributed by atoms with Crippen molar-refractivity contribution in [1.82, 2.24) is 15.3 Å². The number of ether oxygens (including phenoxy) is 1. The highest BCUT2D eigenvalue weighted by molar-refractivity contribution is 5.75. The summed E-state index contributed by atoms with van der Waals surface area (Å²) in [4.78, 5) is 7.96. The highest BCUT2D eigenvalue weighted by atomic mass is 16.5. The number of nitrogens with one attached hydrogen (secondary N) is 2. The fourth-order valence-corrected chi connectivity index (χ4v) is 2.19. The van der Waals surface area contributed by atoms with Gasteiger partial charge in [0.15, 0.2) is 0 Å². The van der Waals surface area contributed by atoms with Gasteiger partial charge in [-0.3, -0.25) is 0 Å². The smallest absolute Gasteiger partial charge is 0.137 e. The molecule has 1 aromatic carbocycles. The van der Waals surface area contributed by atoms with Crippen LogP contribution < -0.4 is 5.32 Å². The molecule has 1 unspecified atom stereocenters. The maximum atomic E-state index is 5.69. The van der Waals surface area contributed by atoms with E-state index in [1.807, 2.05) is 0 Å². The number of fused-ring (bicyclic) bond motifs is 1. The Morgan fingerprint density at radius 3 is 3.18 bits per heavy atom. The van der Waals surface area contributed by atoms with E-state index in [1.54, 1.807) is 0 Å². The summed E-state index contributed by atoms with van der Waals surface area (Å²) in [6.45, 7) is 4.67. The number of aromatic amines is 1. The predicted molar refractivity (Wildman–Crippen MR) is 67.0 cm³/mol. The molecule has 2 heterocycles. The zero-order chi connectivity index (χ0) is 11.7. The Labute approximate surface area is 100 Å². The monoisotopic (exact) mass is 231 g/mol. The zero-order valence-corrected chi connectivity index (χ0v) is 9.99. The first-order valence-corrected chi connectivity index (χ1v) is 6.17. The van der Waals surface area contributed by atoms with Gasteiger partial charge in [0.1, 0.15) is 11.9 Å². The van der Waals surface area contributed by atoms with Gasteiger partial charge in [0.2, 0.25) is 0 Å². The van der Waals surface area contributed by atoms with Gasteiger partial charge in [0, 0.05) is 13.1 Å². The molecule has 1 saturated heterocycles. The molecule has 0 radical (unpaired) electrons. The minimum Gasteiger partial charge on any atom is -0.368 e. The molecule has 4 heteroatoms. The molecule has 3 rings (SSSR count). The van der Waals surface area contributed by atoms with Crippen molar-refractivity contribution in [2.45, 2.75) is 19.4 Å². The van der Waals surface area contributed by atoms with Crippen LogP contribution in [0.2, 0.25) is 0 Å². The van der Waals surface area contributed by atoms with Crippen molar-refractivity contribution in [1.29, 1.82) is 0 Å². The number of hydrogen-bond donors (Lipinski definition) is 2. The van der Waals surface area contributed by atoms with Crippen LogP contribution >= 0.6 is 0 Å². The summed E-state index contributed by atoms with van der Waals surface area (Å²) in [6.07, 6.45) is 1.10. The van der Waals surface area contributed by atoms with Crippen molar-refractivity contribution < 1.29 is 4.74 Å². The van der Waals surface area contributed by atoms with Crippen LogP contribution in [0, 0.1) is 0 Å². The Kier molecular flexibility index (Phi) is 2.82. The summed E-state index contributed by atoms with van der Waals surface area (Å²) in [5, 5.41) is 3.32. The van der Waals surface area contributed by atoms with Gasteiger partial charge < -0.3 is 15.0 Å². The summed E-state index contributed by atoms with van der Waals surface area (Å²) in [7, 11) is 0. The van der Waals surface area contributed by atoms with E-state index in [4.69, 9.17) is 4.74 Å². The molecule has 1 fully saturated rings. The van der Waals surface area contributed by atoms with Gasteiger partial charge in [-0.15, -0.1) is 0 Å². The molecular formula is C13H17N3O. The highest BCUT2D eigenvalue weighted by Crippen LogP contribution is 2.20. The lowest BCUT2D eigenvalue weighted by Crippen LogP contribution is -2.33. The molecule has 0 saturated carbocycles. The fourth-order valence-electron chi connectivity index (χ4n) is 2.19. The van der Waals surface area contributed by atoms with E-state index < -0.39 is 0 Å². The van der Waals surface area contributed by atoms with Crippen LogP contribution in [-0.2, 0) is 11.2 Å². The van der Waals surface area contributed by atoms with E-state index in [1.165, 1.54) is 5.56 Å². The Hall–Kier alpha value is -1.39. The minimum absolute atomic E-state index is 0.0567. The number of aromatic nitrogens is 2. The van der Waals surface area contributed by atoms with Crippen LogP contribution in [-0.4, -0.2) is 29.7 Å². The lowest BCUT2D eigenvalue weighted by atomic mass is 10.1. The summed E-state index contributed by atoms with van der Waals surface area (Å²) in [5.41, 5.74) is 3.45. The van der Waals surface area contributed by atoms with Gasteiger partial charge in [-0.1, -0.05) is 13.0 Å². The summed E-state index contributed by atoms with van der Waals surface area (Å²) >= 11 is 0. The normalized spacial score (nSPS) is 20.9. The molecule has 2 aromatic rings. The number of morpholine rings is 1. The van der Waals surface area contributed by atoms with Crippen LogP contribution in [0.4, 0.5) is 0 Å². The Balaban J connectivity index is 1.95. The van der Waals surface area contributed by atoms with Gasteiger partial charge in [0.05, 0.1) is 17.6 Å². The minimum atomic E-state index is 0.0567. The van der Waals surface area contributed by atoms with Gasteiger partial charge >= 0.3 is 0 Å². The molecule has 0 bridgehead atoms. The van der Waals surface area contributed by atoms with E-state index in [9.17, 15) is 0 Å². The molecular weight excluding hydrogens is 214 g/mol. The summed E-state index contributed by atoms with van der Waals surface area (Å²) in [5.74, 6) is 0.931. The van der Waals surface area contributed by atoms with Crippen LogP contribution in [0.5, 0.6) is 0 Å². The molecule has 0 amide bonds. The quantitative estimate of drug-likeness (QED) is 0.828. The topological polar surface area (TPSA) is 49.9 Å². The number of benzene rings is 1. The molecule has 0 spiro atoms. The molecule has 1 atom stereocenters. The van der Waals surface area contributed by atoms with Crippen molar-refractivity contribution >= 4 is 11.0 Å². The third-order valence-corrected chi connectivity index (χ3v) is 3.21. The molecule has 1 aliphatic heterocycles.